The largest absolute Gasteiger partial charge is 0.268 e. The van der Waals surface area contributed by atoms with Crippen molar-refractivity contribution in [2.75, 3.05) is 5.43 Å². The second-order valence-electron chi connectivity index (χ2n) is 6.35. The normalized spacial score (nSPS) is 11.4. The van der Waals surface area contributed by atoms with Crippen LogP contribution < -0.4 is 5.43 Å². The highest BCUT2D eigenvalue weighted by Gasteiger charge is 2.08. The maximum Gasteiger partial charge on any atom is 0.268 e. The molecule has 0 saturated carbocycles. The molecule has 4 aromatic carbocycles. The summed E-state index contributed by atoms with van der Waals surface area (Å²) in [6.45, 7) is 0. The topological polar surface area (TPSA) is 68.0 Å². The van der Waals surface area contributed by atoms with Crippen molar-refractivity contribution in [3.05, 3.63) is 90.5 Å². The van der Waals surface area contributed by atoms with Crippen LogP contribution in [0, 0.1) is 0 Å². The maximum absolute atomic E-state index is 4.43. The number of nitrogens with one attached hydrogen (secondary N) is 1. The minimum absolute atomic E-state index is 0.451. The maximum atomic E-state index is 4.43. The van der Waals surface area contributed by atoms with E-state index in [4.69, 9.17) is 0 Å². The SMILES string of the molecule is C(=N/Nc1nnnn1-c1ccccc1)/c1c2ccccc2cc2ccccc12. The minimum Gasteiger partial charge on any atom is -0.244 e. The Hall–Kier alpha value is -4.06. The van der Waals surface area contributed by atoms with Crippen molar-refractivity contribution in [1.29, 1.82) is 0 Å². The van der Waals surface area contributed by atoms with E-state index in [2.05, 4.69) is 56.4 Å². The van der Waals surface area contributed by atoms with Crippen molar-refractivity contribution in [3.63, 3.8) is 0 Å². The molecule has 1 heterocycles. The van der Waals surface area contributed by atoms with Crippen LogP contribution in [0.15, 0.2) is 90.0 Å². The Labute approximate surface area is 161 Å². The van der Waals surface area contributed by atoms with Crippen molar-refractivity contribution in [1.82, 2.24) is 20.2 Å². The van der Waals surface area contributed by atoms with Gasteiger partial charge >= 0.3 is 0 Å². The van der Waals surface area contributed by atoms with Gasteiger partial charge in [-0.1, -0.05) is 71.8 Å². The summed E-state index contributed by atoms with van der Waals surface area (Å²) in [7, 11) is 0. The zero-order valence-electron chi connectivity index (χ0n) is 14.9. The monoisotopic (exact) mass is 364 g/mol. The number of hydrogen-bond acceptors (Lipinski definition) is 5. The number of nitrogens with zero attached hydrogens (tertiary/aromatic N) is 5. The summed E-state index contributed by atoms with van der Waals surface area (Å²) in [5, 5.41) is 20.9. The van der Waals surface area contributed by atoms with E-state index in [1.165, 1.54) is 10.8 Å². The summed E-state index contributed by atoms with van der Waals surface area (Å²) in [6.07, 6.45) is 1.83. The molecule has 0 aliphatic rings. The molecule has 28 heavy (non-hydrogen) atoms. The third-order valence-corrected chi connectivity index (χ3v) is 4.64. The molecule has 5 aromatic rings. The summed E-state index contributed by atoms with van der Waals surface area (Å²) in [6, 6.07) is 28.5. The number of anilines is 1. The van der Waals surface area contributed by atoms with Gasteiger partial charge in [0.2, 0.25) is 0 Å². The number of benzene rings is 4. The van der Waals surface area contributed by atoms with Gasteiger partial charge in [-0.2, -0.15) is 9.78 Å². The lowest BCUT2D eigenvalue weighted by atomic mass is 9.97. The van der Waals surface area contributed by atoms with Gasteiger partial charge in [-0.15, -0.1) is 0 Å². The van der Waals surface area contributed by atoms with Gasteiger partial charge < -0.3 is 0 Å². The molecule has 134 valence electrons. The Kier molecular flexibility index (Phi) is 3.99. The van der Waals surface area contributed by atoms with Gasteiger partial charge in [-0.3, -0.25) is 0 Å². The quantitative estimate of drug-likeness (QED) is 0.291. The van der Waals surface area contributed by atoms with Gasteiger partial charge in [0, 0.05) is 5.56 Å². The molecule has 1 N–H and O–H groups in total. The smallest absolute Gasteiger partial charge is 0.244 e. The standard InChI is InChI=1S/C22H16N6/c1-2-10-18(11-3-1)28-22(25-26-27-28)24-23-15-21-19-12-6-4-8-16(19)14-17-9-5-7-13-20(17)21/h1-15H,(H,24,25,27)/b23-15-. The summed E-state index contributed by atoms with van der Waals surface area (Å²) in [5.74, 6) is 0.451. The Morgan fingerprint density at radius 3 is 2.14 bits per heavy atom. The second kappa shape index (κ2) is 6.92. The molecule has 0 atom stereocenters. The molecular formula is C22H16N6. The van der Waals surface area contributed by atoms with Crippen LogP contribution in [0.4, 0.5) is 5.95 Å². The van der Waals surface area contributed by atoms with Gasteiger partial charge in [-0.25, -0.2) is 5.43 Å². The van der Waals surface area contributed by atoms with Gasteiger partial charge in [-0.05, 0) is 50.2 Å². The number of para-hydroxylation sites is 1. The molecule has 0 amide bonds. The third-order valence-electron chi connectivity index (χ3n) is 4.64. The average Bonchev–Trinajstić information content (AvgIpc) is 3.22. The first-order valence-electron chi connectivity index (χ1n) is 8.93. The number of hydrogen-bond donors (Lipinski definition) is 1. The molecular weight excluding hydrogens is 348 g/mol. The highest BCUT2D eigenvalue weighted by atomic mass is 15.6. The van der Waals surface area contributed by atoms with E-state index in [0.717, 1.165) is 22.0 Å². The highest BCUT2D eigenvalue weighted by molar-refractivity contribution is 6.13. The van der Waals surface area contributed by atoms with Crippen LogP contribution in [0.3, 0.4) is 0 Å². The van der Waals surface area contributed by atoms with Crippen LogP contribution in [-0.4, -0.2) is 26.4 Å². The molecule has 0 radical (unpaired) electrons. The number of rotatable bonds is 4. The van der Waals surface area contributed by atoms with E-state index in [-0.39, 0.29) is 0 Å². The van der Waals surface area contributed by atoms with Crippen molar-refractivity contribution in [2.45, 2.75) is 0 Å². The average molecular weight is 364 g/mol. The molecule has 0 unspecified atom stereocenters. The molecule has 0 spiro atoms. The fourth-order valence-corrected chi connectivity index (χ4v) is 3.34. The zero-order chi connectivity index (χ0) is 18.8. The van der Waals surface area contributed by atoms with E-state index in [1.54, 1.807) is 4.68 Å². The molecule has 5 rings (SSSR count). The van der Waals surface area contributed by atoms with Gasteiger partial charge in [0.15, 0.2) is 0 Å². The lowest BCUT2D eigenvalue weighted by Gasteiger charge is -2.08. The van der Waals surface area contributed by atoms with E-state index in [9.17, 15) is 0 Å². The molecule has 0 saturated heterocycles. The summed E-state index contributed by atoms with van der Waals surface area (Å²) in [5.41, 5.74) is 4.88. The number of tetrazole rings is 1. The van der Waals surface area contributed by atoms with E-state index < -0.39 is 0 Å². The van der Waals surface area contributed by atoms with Crippen LogP contribution >= 0.6 is 0 Å². The van der Waals surface area contributed by atoms with Crippen molar-refractivity contribution in [3.8, 4) is 5.69 Å². The molecule has 1 aromatic heterocycles. The Morgan fingerprint density at radius 2 is 1.43 bits per heavy atom. The molecule has 6 nitrogen and oxygen atoms in total. The molecule has 0 aliphatic carbocycles. The first kappa shape index (κ1) is 16.1. The summed E-state index contributed by atoms with van der Waals surface area (Å²) < 4.78 is 1.61. The fraction of sp³-hybridized carbons (Fsp3) is 0. The number of fused-ring (bicyclic) bond motifs is 2. The van der Waals surface area contributed by atoms with Gasteiger partial charge in [0.1, 0.15) is 0 Å². The van der Waals surface area contributed by atoms with Gasteiger partial charge in [0.05, 0.1) is 11.9 Å². The Bertz CT molecular complexity index is 1240. The first-order valence-corrected chi connectivity index (χ1v) is 8.93. The van der Waals surface area contributed by atoms with Crippen LogP contribution in [-0.2, 0) is 0 Å². The van der Waals surface area contributed by atoms with Crippen molar-refractivity contribution >= 4 is 33.7 Å². The van der Waals surface area contributed by atoms with Gasteiger partial charge in [0.25, 0.3) is 5.95 Å². The minimum atomic E-state index is 0.451. The van der Waals surface area contributed by atoms with Crippen LogP contribution in [0.1, 0.15) is 5.56 Å². The third kappa shape index (κ3) is 2.87. The molecule has 0 fully saturated rings. The van der Waals surface area contributed by atoms with Crippen LogP contribution in [0.2, 0.25) is 0 Å². The Balaban J connectivity index is 1.54. The molecule has 0 bridgehead atoms. The van der Waals surface area contributed by atoms with E-state index in [0.29, 0.717) is 5.95 Å². The predicted octanol–water partition coefficient (Wildman–Crippen LogP) is 4.41. The van der Waals surface area contributed by atoms with Crippen molar-refractivity contribution < 1.29 is 0 Å². The second-order valence-corrected chi connectivity index (χ2v) is 6.35. The van der Waals surface area contributed by atoms with Crippen LogP contribution in [0.5, 0.6) is 0 Å². The highest BCUT2D eigenvalue weighted by Crippen LogP contribution is 2.27. The fourth-order valence-electron chi connectivity index (χ4n) is 3.34. The Morgan fingerprint density at radius 1 is 0.786 bits per heavy atom. The van der Waals surface area contributed by atoms with E-state index >= 15 is 0 Å². The van der Waals surface area contributed by atoms with Crippen molar-refractivity contribution in [2.24, 2.45) is 5.10 Å². The lowest BCUT2D eigenvalue weighted by Crippen LogP contribution is -2.03. The number of aromatic nitrogens is 4. The predicted molar refractivity (Wildman–Crippen MR) is 112 cm³/mol. The number of hydrazone groups is 1. The lowest BCUT2D eigenvalue weighted by molar-refractivity contribution is 0.790. The summed E-state index contributed by atoms with van der Waals surface area (Å²) in [4.78, 5) is 0. The van der Waals surface area contributed by atoms with E-state index in [1.807, 2.05) is 60.8 Å². The summed E-state index contributed by atoms with van der Waals surface area (Å²) >= 11 is 0. The molecule has 6 heteroatoms. The molecule has 0 aliphatic heterocycles. The zero-order valence-corrected chi connectivity index (χ0v) is 14.9. The first-order chi connectivity index (χ1) is 13.9. The van der Waals surface area contributed by atoms with Crippen LogP contribution in [0.25, 0.3) is 27.2 Å².